The summed E-state index contributed by atoms with van der Waals surface area (Å²) in [6.45, 7) is 7.61. The topological polar surface area (TPSA) is 58.6 Å². The molecule has 0 aromatic heterocycles. The summed E-state index contributed by atoms with van der Waals surface area (Å²) in [5.74, 6) is 1.34. The van der Waals surface area contributed by atoms with Crippen LogP contribution < -0.4 is 10.1 Å². The van der Waals surface area contributed by atoms with E-state index in [-0.39, 0.29) is 17.7 Å². The van der Waals surface area contributed by atoms with Crippen LogP contribution in [0.5, 0.6) is 5.75 Å². The number of rotatable bonds is 16. The molecule has 5 heteroatoms. The number of Topliss-reactive ketones (excluding diaryl/α,β-unsaturated/α-hetero) is 1. The van der Waals surface area contributed by atoms with Gasteiger partial charge in [0.05, 0.1) is 7.11 Å². The maximum absolute atomic E-state index is 13.0. The van der Waals surface area contributed by atoms with E-state index in [1.165, 1.54) is 24.0 Å². The highest BCUT2D eigenvalue weighted by molar-refractivity contribution is 5.96. The Bertz CT molecular complexity index is 949. The van der Waals surface area contributed by atoms with Crippen LogP contribution in [0.1, 0.15) is 99.0 Å². The normalized spacial score (nSPS) is 15.3. The van der Waals surface area contributed by atoms with Crippen LogP contribution in [0, 0.1) is 0 Å². The highest BCUT2D eigenvalue weighted by Crippen LogP contribution is 2.26. The first-order valence-corrected chi connectivity index (χ1v) is 14.3. The fourth-order valence-electron chi connectivity index (χ4n) is 5.44. The van der Waals surface area contributed by atoms with Gasteiger partial charge in [-0.2, -0.15) is 0 Å². The molecule has 5 nitrogen and oxygen atoms in total. The Kier molecular flexibility index (Phi) is 12.2. The van der Waals surface area contributed by atoms with E-state index < -0.39 is 0 Å². The average molecular weight is 507 g/mol. The first-order valence-electron chi connectivity index (χ1n) is 14.3. The number of carbonyl (C=O) groups excluding carboxylic acids is 2. The van der Waals surface area contributed by atoms with Crippen LogP contribution in [0.3, 0.4) is 0 Å². The molecule has 3 rings (SSSR count). The number of ether oxygens (including phenoxy) is 1. The molecule has 0 spiro atoms. The number of likely N-dealkylation sites (tertiary alicyclic amines) is 1. The minimum atomic E-state index is 0.115. The van der Waals surface area contributed by atoms with Crippen LogP contribution in [0.25, 0.3) is 0 Å². The lowest BCUT2D eigenvalue weighted by atomic mass is 9.87. The molecule has 2 atom stereocenters. The number of amides is 1. The molecule has 1 fully saturated rings. The van der Waals surface area contributed by atoms with Gasteiger partial charge >= 0.3 is 0 Å². The average Bonchev–Trinajstić information content (AvgIpc) is 3.43. The van der Waals surface area contributed by atoms with Gasteiger partial charge < -0.3 is 15.0 Å². The lowest BCUT2D eigenvalue weighted by Gasteiger charge is -2.31. The van der Waals surface area contributed by atoms with Gasteiger partial charge in [-0.15, -0.1) is 0 Å². The van der Waals surface area contributed by atoms with Crippen molar-refractivity contribution in [3.63, 3.8) is 0 Å². The fourth-order valence-corrected chi connectivity index (χ4v) is 5.44. The Balaban J connectivity index is 1.49. The number of nitrogens with zero attached hydrogens (tertiary/aromatic N) is 1. The Morgan fingerprint density at radius 1 is 0.919 bits per heavy atom. The standard InChI is InChI=1S/C32H46N2O3/c1-4-11-25-14-16-26(17-15-25)29(5-2)30(24-34-22-9-10-23-34)33-32(36)13-8-6-7-12-31(35)27-18-20-28(37-3)21-19-27/h14-21,29-30H,4-13,22-24H2,1-3H3,(H,33,36)/t29-,30-/m1/s1. The summed E-state index contributed by atoms with van der Waals surface area (Å²) in [5.41, 5.74) is 3.42. The first kappa shape index (κ1) is 28.9. The highest BCUT2D eigenvalue weighted by Gasteiger charge is 2.27. The molecule has 0 saturated carbocycles. The zero-order valence-electron chi connectivity index (χ0n) is 23.1. The molecule has 202 valence electrons. The van der Waals surface area contributed by atoms with E-state index in [2.05, 4.69) is 48.3 Å². The first-order chi connectivity index (χ1) is 18.0. The molecular weight excluding hydrogens is 460 g/mol. The molecule has 0 unspecified atom stereocenters. The van der Waals surface area contributed by atoms with Gasteiger partial charge in [0.15, 0.2) is 5.78 Å². The highest BCUT2D eigenvalue weighted by atomic mass is 16.5. The third-order valence-corrected chi connectivity index (χ3v) is 7.59. The monoisotopic (exact) mass is 506 g/mol. The van der Waals surface area contributed by atoms with Crippen LogP contribution in [0.2, 0.25) is 0 Å². The van der Waals surface area contributed by atoms with Crippen molar-refractivity contribution in [1.29, 1.82) is 0 Å². The summed E-state index contributed by atoms with van der Waals surface area (Å²) >= 11 is 0. The number of ketones is 1. The molecule has 0 bridgehead atoms. The van der Waals surface area contributed by atoms with Crippen LogP contribution in [-0.2, 0) is 11.2 Å². The van der Waals surface area contributed by atoms with Gasteiger partial charge in [-0.05, 0) is 87.0 Å². The van der Waals surface area contributed by atoms with Gasteiger partial charge in [0, 0.05) is 36.9 Å². The molecule has 2 aromatic rings. The molecule has 0 aliphatic carbocycles. The number of hydrogen-bond acceptors (Lipinski definition) is 4. The molecule has 1 saturated heterocycles. The lowest BCUT2D eigenvalue weighted by molar-refractivity contribution is -0.122. The molecule has 1 heterocycles. The summed E-state index contributed by atoms with van der Waals surface area (Å²) in [6.07, 6.45) is 9.27. The van der Waals surface area contributed by atoms with Crippen LogP contribution >= 0.6 is 0 Å². The van der Waals surface area contributed by atoms with Gasteiger partial charge in [0.1, 0.15) is 5.75 Å². The van der Waals surface area contributed by atoms with Gasteiger partial charge in [-0.3, -0.25) is 9.59 Å². The van der Waals surface area contributed by atoms with E-state index in [1.807, 2.05) is 24.3 Å². The van der Waals surface area contributed by atoms with Crippen LogP contribution in [0.4, 0.5) is 0 Å². The predicted molar refractivity (Wildman–Crippen MR) is 151 cm³/mol. The third kappa shape index (κ3) is 9.30. The van der Waals surface area contributed by atoms with Crippen molar-refractivity contribution in [1.82, 2.24) is 10.2 Å². The Morgan fingerprint density at radius 2 is 1.59 bits per heavy atom. The van der Waals surface area contributed by atoms with Crippen molar-refractivity contribution >= 4 is 11.7 Å². The quantitative estimate of drug-likeness (QED) is 0.207. The summed E-state index contributed by atoms with van der Waals surface area (Å²) in [7, 11) is 1.62. The molecule has 2 aromatic carbocycles. The summed E-state index contributed by atoms with van der Waals surface area (Å²) < 4.78 is 5.16. The van der Waals surface area contributed by atoms with E-state index >= 15 is 0 Å². The minimum absolute atomic E-state index is 0.115. The summed E-state index contributed by atoms with van der Waals surface area (Å²) in [5, 5.41) is 3.41. The zero-order chi connectivity index (χ0) is 26.5. The lowest BCUT2D eigenvalue weighted by Crippen LogP contribution is -2.46. The smallest absolute Gasteiger partial charge is 0.220 e. The van der Waals surface area contributed by atoms with Crippen LogP contribution in [0.15, 0.2) is 48.5 Å². The van der Waals surface area contributed by atoms with Crippen molar-refractivity contribution < 1.29 is 14.3 Å². The maximum atomic E-state index is 13.0. The number of carbonyl (C=O) groups is 2. The Hall–Kier alpha value is -2.66. The van der Waals surface area contributed by atoms with Gasteiger partial charge in [-0.25, -0.2) is 0 Å². The number of hydrogen-bond donors (Lipinski definition) is 1. The van der Waals surface area contributed by atoms with Crippen molar-refractivity contribution in [2.45, 2.75) is 90.0 Å². The Morgan fingerprint density at radius 3 is 2.22 bits per heavy atom. The second-order valence-electron chi connectivity index (χ2n) is 10.4. The number of aryl methyl sites for hydroxylation is 1. The third-order valence-electron chi connectivity index (χ3n) is 7.59. The molecule has 37 heavy (non-hydrogen) atoms. The minimum Gasteiger partial charge on any atom is -0.497 e. The summed E-state index contributed by atoms with van der Waals surface area (Å²) in [6, 6.07) is 16.4. The molecular formula is C32H46N2O3. The van der Waals surface area contributed by atoms with E-state index in [9.17, 15) is 9.59 Å². The predicted octanol–water partition coefficient (Wildman–Crippen LogP) is 6.56. The van der Waals surface area contributed by atoms with Crippen LogP contribution in [-0.4, -0.2) is 49.4 Å². The van der Waals surface area contributed by atoms with Crippen molar-refractivity contribution in [3.05, 3.63) is 65.2 Å². The number of unbranched alkanes of at least 4 members (excludes halogenated alkanes) is 2. The fraction of sp³-hybridized carbons (Fsp3) is 0.562. The molecule has 1 N–H and O–H groups in total. The number of nitrogens with one attached hydrogen (secondary N) is 1. The van der Waals surface area contributed by atoms with Crippen molar-refractivity contribution in [2.75, 3.05) is 26.7 Å². The van der Waals surface area contributed by atoms with E-state index in [4.69, 9.17) is 4.74 Å². The molecule has 1 amide bonds. The zero-order valence-corrected chi connectivity index (χ0v) is 23.1. The van der Waals surface area contributed by atoms with E-state index in [0.29, 0.717) is 18.8 Å². The molecule has 1 aliphatic rings. The van der Waals surface area contributed by atoms with Crippen molar-refractivity contribution in [2.24, 2.45) is 0 Å². The van der Waals surface area contributed by atoms with E-state index in [1.54, 1.807) is 7.11 Å². The second kappa shape index (κ2) is 15.6. The SMILES string of the molecule is CCCc1ccc([C@@H](CC)[C@@H](CN2CCCC2)NC(=O)CCCCCC(=O)c2ccc(OC)cc2)cc1. The van der Waals surface area contributed by atoms with Crippen molar-refractivity contribution in [3.8, 4) is 5.75 Å². The number of methoxy groups -OCH3 is 1. The van der Waals surface area contributed by atoms with Gasteiger partial charge in [0.25, 0.3) is 0 Å². The maximum Gasteiger partial charge on any atom is 0.220 e. The van der Waals surface area contributed by atoms with Gasteiger partial charge in [-0.1, -0.05) is 51.0 Å². The van der Waals surface area contributed by atoms with E-state index in [0.717, 1.165) is 69.5 Å². The molecule has 0 radical (unpaired) electrons. The second-order valence-corrected chi connectivity index (χ2v) is 10.4. The number of benzene rings is 2. The molecule has 1 aliphatic heterocycles. The largest absolute Gasteiger partial charge is 0.497 e. The summed E-state index contributed by atoms with van der Waals surface area (Å²) in [4.78, 5) is 27.9. The Labute approximate surface area is 224 Å². The van der Waals surface area contributed by atoms with Gasteiger partial charge in [0.2, 0.25) is 5.91 Å².